The number of nitrogens with one attached hydrogen (secondary N) is 1. The molecule has 8 heteroatoms. The molecule has 0 bridgehead atoms. The summed E-state index contributed by atoms with van der Waals surface area (Å²) in [7, 11) is 0. The Hall–Kier alpha value is -3.29. The number of alkyl halides is 3. The number of furan rings is 1. The van der Waals surface area contributed by atoms with Crippen molar-refractivity contribution in [3.8, 4) is 0 Å². The lowest BCUT2D eigenvalue weighted by Crippen LogP contribution is -2.10. The van der Waals surface area contributed by atoms with Crippen molar-refractivity contribution in [2.75, 3.05) is 5.32 Å². The van der Waals surface area contributed by atoms with Crippen LogP contribution >= 0.6 is 0 Å². The van der Waals surface area contributed by atoms with Crippen molar-refractivity contribution in [1.82, 2.24) is 0 Å². The first kappa shape index (κ1) is 19.0. The third-order valence-corrected chi connectivity index (χ3v) is 4.55. The van der Waals surface area contributed by atoms with E-state index in [9.17, 15) is 22.4 Å². The maximum Gasteiger partial charge on any atom is 0.418 e. The van der Waals surface area contributed by atoms with Crippen LogP contribution in [0.25, 0.3) is 21.9 Å². The summed E-state index contributed by atoms with van der Waals surface area (Å²) in [5, 5.41) is 3.62. The number of benzene rings is 2. The van der Waals surface area contributed by atoms with E-state index in [1.807, 2.05) is 0 Å². The zero-order valence-electron chi connectivity index (χ0n) is 15.4. The Morgan fingerprint density at radius 1 is 0.966 bits per heavy atom. The maximum absolute atomic E-state index is 14.4. The summed E-state index contributed by atoms with van der Waals surface area (Å²) in [4.78, 5) is 11.5. The summed E-state index contributed by atoms with van der Waals surface area (Å²) >= 11 is 0. The van der Waals surface area contributed by atoms with Gasteiger partial charge < -0.3 is 14.2 Å². The molecular formula is C21H15F4NO3. The molecule has 150 valence electrons. The Bertz CT molecular complexity index is 1290. The first-order valence-corrected chi connectivity index (χ1v) is 8.78. The average Bonchev–Trinajstić information content (AvgIpc) is 2.98. The molecule has 29 heavy (non-hydrogen) atoms. The van der Waals surface area contributed by atoms with Crippen LogP contribution in [0.2, 0.25) is 0 Å². The van der Waals surface area contributed by atoms with Crippen LogP contribution < -0.4 is 10.9 Å². The van der Waals surface area contributed by atoms with Crippen molar-refractivity contribution < 1.29 is 26.4 Å². The molecule has 4 rings (SSSR count). The highest BCUT2D eigenvalue weighted by Crippen LogP contribution is 2.42. The lowest BCUT2D eigenvalue weighted by Gasteiger charge is -2.16. The molecule has 0 atom stereocenters. The highest BCUT2D eigenvalue weighted by molar-refractivity contribution is 6.02. The van der Waals surface area contributed by atoms with Gasteiger partial charge in [-0.25, -0.2) is 9.18 Å². The Morgan fingerprint density at radius 2 is 1.72 bits per heavy atom. The molecule has 0 aliphatic rings. The highest BCUT2D eigenvalue weighted by atomic mass is 19.4. The van der Waals surface area contributed by atoms with Gasteiger partial charge in [0.15, 0.2) is 0 Å². The van der Waals surface area contributed by atoms with Crippen molar-refractivity contribution in [3.63, 3.8) is 0 Å². The SMILES string of the molecule is CC(C)c1oc2cc3oc(=O)ccc3cc2c1Nc1c(F)cccc1C(F)(F)F. The normalized spacial score (nSPS) is 12.2. The smallest absolute Gasteiger partial charge is 0.418 e. The average molecular weight is 405 g/mol. The standard InChI is InChI=1S/C21H15F4NO3/c1-10(2)20-18(26-19-13(21(23,24)25)4-3-5-14(19)22)12-8-11-6-7-17(27)28-15(11)9-16(12)29-20/h3-10,26H,1-2H3. The molecule has 4 nitrogen and oxygen atoms in total. The minimum atomic E-state index is -4.74. The quantitative estimate of drug-likeness (QED) is 0.310. The second kappa shape index (κ2) is 6.65. The summed E-state index contributed by atoms with van der Waals surface area (Å²) < 4.78 is 65.5. The zero-order valence-corrected chi connectivity index (χ0v) is 15.4. The monoisotopic (exact) mass is 405 g/mol. The molecule has 0 spiro atoms. The molecule has 0 saturated carbocycles. The third kappa shape index (κ3) is 3.35. The topological polar surface area (TPSA) is 55.4 Å². The summed E-state index contributed by atoms with van der Waals surface area (Å²) in [6.45, 7) is 3.60. The molecule has 0 radical (unpaired) electrons. The van der Waals surface area contributed by atoms with E-state index in [0.29, 0.717) is 22.1 Å². The molecule has 2 aromatic carbocycles. The highest BCUT2D eigenvalue weighted by Gasteiger charge is 2.35. The van der Waals surface area contributed by atoms with Crippen molar-refractivity contribution in [2.45, 2.75) is 25.9 Å². The van der Waals surface area contributed by atoms with Gasteiger partial charge in [0.25, 0.3) is 0 Å². The van der Waals surface area contributed by atoms with E-state index in [-0.39, 0.29) is 17.2 Å². The molecule has 2 aromatic heterocycles. The van der Waals surface area contributed by atoms with Crippen LogP contribution in [0, 0.1) is 5.82 Å². The summed E-state index contributed by atoms with van der Waals surface area (Å²) in [6.07, 6.45) is -4.74. The Balaban J connectivity index is 1.97. The first-order chi connectivity index (χ1) is 13.6. The lowest BCUT2D eigenvalue weighted by molar-refractivity contribution is -0.137. The van der Waals surface area contributed by atoms with E-state index in [0.717, 1.165) is 18.2 Å². The van der Waals surface area contributed by atoms with E-state index in [1.54, 1.807) is 19.9 Å². The van der Waals surface area contributed by atoms with Crippen molar-refractivity contribution in [3.05, 3.63) is 70.0 Å². The van der Waals surface area contributed by atoms with E-state index in [2.05, 4.69) is 5.32 Å². The molecule has 0 unspecified atom stereocenters. The fourth-order valence-electron chi connectivity index (χ4n) is 3.23. The van der Waals surface area contributed by atoms with E-state index < -0.39 is 28.9 Å². The molecule has 0 aliphatic heterocycles. The number of halogens is 4. The fourth-order valence-corrected chi connectivity index (χ4v) is 3.23. The summed E-state index contributed by atoms with van der Waals surface area (Å²) in [5.41, 5.74) is -1.51. The predicted octanol–water partition coefficient (Wildman–Crippen LogP) is 6.56. The van der Waals surface area contributed by atoms with Crippen LogP contribution in [0.4, 0.5) is 28.9 Å². The number of anilines is 2. The predicted molar refractivity (Wildman–Crippen MR) is 101 cm³/mol. The van der Waals surface area contributed by atoms with Gasteiger partial charge in [0, 0.05) is 28.8 Å². The van der Waals surface area contributed by atoms with E-state index in [1.165, 1.54) is 18.2 Å². The van der Waals surface area contributed by atoms with Gasteiger partial charge in [-0.15, -0.1) is 0 Å². The number of rotatable bonds is 3. The molecule has 2 heterocycles. The Labute approximate surface area is 161 Å². The first-order valence-electron chi connectivity index (χ1n) is 8.78. The van der Waals surface area contributed by atoms with Gasteiger partial charge in [-0.05, 0) is 24.3 Å². The van der Waals surface area contributed by atoms with Gasteiger partial charge in [0.05, 0.1) is 16.9 Å². The molecular weight excluding hydrogens is 390 g/mol. The van der Waals surface area contributed by atoms with Gasteiger partial charge in [-0.1, -0.05) is 19.9 Å². The second-order valence-corrected chi connectivity index (χ2v) is 6.92. The summed E-state index contributed by atoms with van der Waals surface area (Å²) in [6, 6.07) is 8.68. The molecule has 0 saturated heterocycles. The van der Waals surface area contributed by atoms with Gasteiger partial charge >= 0.3 is 11.8 Å². The van der Waals surface area contributed by atoms with Crippen LogP contribution in [0.5, 0.6) is 0 Å². The van der Waals surface area contributed by atoms with Crippen LogP contribution in [-0.4, -0.2) is 0 Å². The van der Waals surface area contributed by atoms with Crippen molar-refractivity contribution in [2.24, 2.45) is 0 Å². The lowest BCUT2D eigenvalue weighted by atomic mass is 10.1. The number of hydrogen-bond acceptors (Lipinski definition) is 4. The van der Waals surface area contributed by atoms with E-state index >= 15 is 0 Å². The Morgan fingerprint density at radius 3 is 2.41 bits per heavy atom. The fraction of sp³-hybridized carbons (Fsp3) is 0.190. The second-order valence-electron chi connectivity index (χ2n) is 6.92. The van der Waals surface area contributed by atoms with Crippen LogP contribution in [-0.2, 0) is 6.18 Å². The molecule has 0 amide bonds. The van der Waals surface area contributed by atoms with Crippen LogP contribution in [0.1, 0.15) is 31.1 Å². The molecule has 1 N–H and O–H groups in total. The zero-order chi connectivity index (χ0) is 20.9. The molecule has 0 fully saturated rings. The minimum Gasteiger partial charge on any atom is -0.458 e. The van der Waals surface area contributed by atoms with Crippen molar-refractivity contribution >= 4 is 33.3 Å². The van der Waals surface area contributed by atoms with Gasteiger partial charge in [0.2, 0.25) is 0 Å². The van der Waals surface area contributed by atoms with Gasteiger partial charge in [-0.3, -0.25) is 0 Å². The number of fused-ring (bicyclic) bond motifs is 2. The third-order valence-electron chi connectivity index (χ3n) is 4.55. The largest absolute Gasteiger partial charge is 0.458 e. The van der Waals surface area contributed by atoms with E-state index in [4.69, 9.17) is 8.83 Å². The van der Waals surface area contributed by atoms with Gasteiger partial charge in [0.1, 0.15) is 22.7 Å². The van der Waals surface area contributed by atoms with Crippen LogP contribution in [0.15, 0.2) is 56.1 Å². The van der Waals surface area contributed by atoms with Crippen molar-refractivity contribution in [1.29, 1.82) is 0 Å². The van der Waals surface area contributed by atoms with Crippen LogP contribution in [0.3, 0.4) is 0 Å². The number of para-hydroxylation sites is 1. The Kier molecular flexibility index (Phi) is 4.37. The molecule has 4 aromatic rings. The maximum atomic E-state index is 14.4. The molecule has 0 aliphatic carbocycles. The summed E-state index contributed by atoms with van der Waals surface area (Å²) in [5.74, 6) is -0.883. The number of hydrogen-bond donors (Lipinski definition) is 1. The minimum absolute atomic E-state index is 0.207. The van der Waals surface area contributed by atoms with Gasteiger partial charge in [-0.2, -0.15) is 13.2 Å².